The van der Waals surface area contributed by atoms with E-state index in [0.717, 1.165) is 12.5 Å². The van der Waals surface area contributed by atoms with Crippen LogP contribution >= 0.6 is 0 Å². The van der Waals surface area contributed by atoms with Crippen molar-refractivity contribution in [2.45, 2.75) is 31.3 Å². The SMILES string of the molecule is c1ccc(C(NC2CCNC2)C2CC2)cc1. The van der Waals surface area contributed by atoms with Gasteiger partial charge in [0.05, 0.1) is 0 Å². The van der Waals surface area contributed by atoms with Crippen molar-refractivity contribution in [3.05, 3.63) is 35.9 Å². The van der Waals surface area contributed by atoms with Gasteiger partial charge in [-0.15, -0.1) is 0 Å². The molecular weight excluding hydrogens is 196 g/mol. The van der Waals surface area contributed by atoms with Crippen LogP contribution in [0.3, 0.4) is 0 Å². The Kier molecular flexibility index (Phi) is 2.94. The lowest BCUT2D eigenvalue weighted by atomic mass is 10.0. The van der Waals surface area contributed by atoms with Gasteiger partial charge in [-0.2, -0.15) is 0 Å². The molecule has 2 unspecified atom stereocenters. The van der Waals surface area contributed by atoms with Crippen LogP contribution in [0.4, 0.5) is 0 Å². The first-order valence-electron chi connectivity index (χ1n) is 6.45. The summed E-state index contributed by atoms with van der Waals surface area (Å²) in [5.41, 5.74) is 1.47. The van der Waals surface area contributed by atoms with Gasteiger partial charge in [0.25, 0.3) is 0 Å². The first-order valence-corrected chi connectivity index (χ1v) is 6.45. The molecule has 2 atom stereocenters. The van der Waals surface area contributed by atoms with E-state index < -0.39 is 0 Å². The van der Waals surface area contributed by atoms with E-state index in [0.29, 0.717) is 12.1 Å². The summed E-state index contributed by atoms with van der Waals surface area (Å²) in [6.45, 7) is 2.31. The van der Waals surface area contributed by atoms with Gasteiger partial charge in [-0.3, -0.25) is 0 Å². The molecule has 3 rings (SSSR count). The minimum absolute atomic E-state index is 0.589. The maximum absolute atomic E-state index is 3.83. The second kappa shape index (κ2) is 4.56. The molecule has 1 saturated heterocycles. The Morgan fingerprint density at radius 2 is 1.94 bits per heavy atom. The summed E-state index contributed by atoms with van der Waals surface area (Å²) in [6, 6.07) is 12.2. The second-order valence-corrected chi connectivity index (χ2v) is 5.08. The molecule has 0 spiro atoms. The van der Waals surface area contributed by atoms with Gasteiger partial charge in [-0.05, 0) is 37.3 Å². The first kappa shape index (κ1) is 10.3. The monoisotopic (exact) mass is 216 g/mol. The largest absolute Gasteiger partial charge is 0.315 e. The molecule has 2 heteroatoms. The highest BCUT2D eigenvalue weighted by atomic mass is 15.1. The Morgan fingerprint density at radius 1 is 1.12 bits per heavy atom. The third-order valence-electron chi connectivity index (χ3n) is 3.73. The van der Waals surface area contributed by atoms with Crippen LogP contribution in [0.1, 0.15) is 30.9 Å². The second-order valence-electron chi connectivity index (χ2n) is 5.08. The lowest BCUT2D eigenvalue weighted by Crippen LogP contribution is -2.35. The average Bonchev–Trinajstić information content (AvgIpc) is 3.05. The summed E-state index contributed by atoms with van der Waals surface area (Å²) >= 11 is 0. The van der Waals surface area contributed by atoms with E-state index in [1.54, 1.807) is 0 Å². The molecule has 2 aliphatic rings. The van der Waals surface area contributed by atoms with E-state index >= 15 is 0 Å². The quantitative estimate of drug-likeness (QED) is 0.805. The van der Waals surface area contributed by atoms with Gasteiger partial charge in [0.15, 0.2) is 0 Å². The smallest absolute Gasteiger partial charge is 0.0351 e. The normalized spacial score (nSPS) is 26.9. The Hall–Kier alpha value is -0.860. The van der Waals surface area contributed by atoms with Crippen LogP contribution < -0.4 is 10.6 Å². The fourth-order valence-electron chi connectivity index (χ4n) is 2.65. The van der Waals surface area contributed by atoms with Gasteiger partial charge in [-0.1, -0.05) is 30.3 Å². The van der Waals surface area contributed by atoms with Crippen LogP contribution in [-0.4, -0.2) is 19.1 Å². The third kappa shape index (κ3) is 2.28. The predicted octanol–water partition coefficient (Wildman–Crippen LogP) is 2.09. The number of hydrogen-bond donors (Lipinski definition) is 2. The molecule has 1 aliphatic heterocycles. The van der Waals surface area contributed by atoms with E-state index in [1.807, 2.05) is 0 Å². The molecule has 2 N–H and O–H groups in total. The van der Waals surface area contributed by atoms with Crippen LogP contribution in [0, 0.1) is 5.92 Å². The highest BCUT2D eigenvalue weighted by Crippen LogP contribution is 2.41. The van der Waals surface area contributed by atoms with Crippen LogP contribution in [0.25, 0.3) is 0 Å². The maximum atomic E-state index is 3.83. The van der Waals surface area contributed by atoms with Crippen LogP contribution in [-0.2, 0) is 0 Å². The van der Waals surface area contributed by atoms with E-state index in [-0.39, 0.29) is 0 Å². The molecule has 0 amide bonds. The molecule has 0 radical (unpaired) electrons. The molecule has 0 bridgehead atoms. The van der Waals surface area contributed by atoms with Crippen LogP contribution in [0.15, 0.2) is 30.3 Å². The van der Waals surface area contributed by atoms with Crippen molar-refractivity contribution in [3.8, 4) is 0 Å². The molecule has 2 fully saturated rings. The van der Waals surface area contributed by atoms with Gasteiger partial charge >= 0.3 is 0 Å². The predicted molar refractivity (Wildman–Crippen MR) is 66.3 cm³/mol. The van der Waals surface area contributed by atoms with E-state index in [1.165, 1.54) is 31.4 Å². The minimum atomic E-state index is 0.589. The zero-order valence-corrected chi connectivity index (χ0v) is 9.65. The van der Waals surface area contributed by atoms with E-state index in [9.17, 15) is 0 Å². The average molecular weight is 216 g/mol. The van der Waals surface area contributed by atoms with Crippen LogP contribution in [0.2, 0.25) is 0 Å². The summed E-state index contributed by atoms with van der Waals surface area (Å²) in [7, 11) is 0. The number of benzene rings is 1. The van der Waals surface area contributed by atoms with E-state index in [2.05, 4.69) is 41.0 Å². The maximum Gasteiger partial charge on any atom is 0.0351 e. The van der Waals surface area contributed by atoms with Crippen molar-refractivity contribution in [2.24, 2.45) is 5.92 Å². The molecule has 1 aliphatic carbocycles. The topological polar surface area (TPSA) is 24.1 Å². The number of nitrogens with one attached hydrogen (secondary N) is 2. The zero-order chi connectivity index (χ0) is 10.8. The fraction of sp³-hybridized carbons (Fsp3) is 0.571. The van der Waals surface area contributed by atoms with Crippen molar-refractivity contribution in [1.82, 2.24) is 10.6 Å². The standard InChI is InChI=1S/C14H20N2/c1-2-4-11(5-3-1)14(12-6-7-12)16-13-8-9-15-10-13/h1-5,12-16H,6-10H2. The molecule has 1 aromatic rings. The van der Waals surface area contributed by atoms with Gasteiger partial charge in [0, 0.05) is 18.6 Å². The molecule has 86 valence electrons. The zero-order valence-electron chi connectivity index (χ0n) is 9.65. The third-order valence-corrected chi connectivity index (χ3v) is 3.73. The Morgan fingerprint density at radius 3 is 2.56 bits per heavy atom. The lowest BCUT2D eigenvalue weighted by molar-refractivity contribution is 0.418. The summed E-state index contributed by atoms with van der Waals surface area (Å²) in [6.07, 6.45) is 4.06. The first-order chi connectivity index (χ1) is 7.93. The molecular formula is C14H20N2. The van der Waals surface area contributed by atoms with Gasteiger partial charge in [0.1, 0.15) is 0 Å². The molecule has 2 nitrogen and oxygen atoms in total. The van der Waals surface area contributed by atoms with Crippen molar-refractivity contribution in [2.75, 3.05) is 13.1 Å². The summed E-state index contributed by atoms with van der Waals surface area (Å²) in [4.78, 5) is 0. The van der Waals surface area contributed by atoms with Crippen molar-refractivity contribution in [1.29, 1.82) is 0 Å². The van der Waals surface area contributed by atoms with Crippen molar-refractivity contribution in [3.63, 3.8) is 0 Å². The van der Waals surface area contributed by atoms with Gasteiger partial charge in [-0.25, -0.2) is 0 Å². The van der Waals surface area contributed by atoms with Crippen LogP contribution in [0.5, 0.6) is 0 Å². The molecule has 1 saturated carbocycles. The lowest BCUT2D eigenvalue weighted by Gasteiger charge is -2.22. The molecule has 16 heavy (non-hydrogen) atoms. The van der Waals surface area contributed by atoms with Crippen molar-refractivity contribution < 1.29 is 0 Å². The Balaban J connectivity index is 1.71. The summed E-state index contributed by atoms with van der Waals surface area (Å²) in [5, 5.41) is 7.26. The van der Waals surface area contributed by atoms with Gasteiger partial charge in [0.2, 0.25) is 0 Å². The number of rotatable bonds is 4. The van der Waals surface area contributed by atoms with E-state index in [4.69, 9.17) is 0 Å². The summed E-state index contributed by atoms with van der Waals surface area (Å²) < 4.78 is 0. The molecule has 1 aromatic carbocycles. The number of hydrogen-bond acceptors (Lipinski definition) is 2. The Bertz CT molecular complexity index is 326. The highest BCUT2D eigenvalue weighted by molar-refractivity contribution is 5.21. The summed E-state index contributed by atoms with van der Waals surface area (Å²) in [5.74, 6) is 0.878. The van der Waals surface area contributed by atoms with Gasteiger partial charge < -0.3 is 10.6 Å². The fourth-order valence-corrected chi connectivity index (χ4v) is 2.65. The highest BCUT2D eigenvalue weighted by Gasteiger charge is 2.33. The Labute approximate surface area is 97.4 Å². The molecule has 0 aromatic heterocycles. The minimum Gasteiger partial charge on any atom is -0.315 e. The van der Waals surface area contributed by atoms with Crippen molar-refractivity contribution >= 4 is 0 Å². The molecule has 1 heterocycles.